The first-order chi connectivity index (χ1) is 7.91. The smallest absolute Gasteiger partial charge is 0.254 e. The minimum absolute atomic E-state index is 0. The van der Waals surface area contributed by atoms with E-state index in [1.807, 2.05) is 6.92 Å². The number of hydrogen-bond donors (Lipinski definition) is 1. The third-order valence-corrected chi connectivity index (χ3v) is 6.34. The maximum absolute atomic E-state index is 12.3. The van der Waals surface area contributed by atoms with Gasteiger partial charge in [0.05, 0.1) is 11.2 Å². The Hall–Kier alpha value is -0.210. The number of nitrogens with two attached hydrogens (primary N) is 1. The summed E-state index contributed by atoms with van der Waals surface area (Å²) in [4.78, 5) is 4.00. The Labute approximate surface area is 118 Å². The Morgan fingerprint density at radius 2 is 2.22 bits per heavy atom. The van der Waals surface area contributed by atoms with E-state index in [2.05, 4.69) is 4.98 Å². The van der Waals surface area contributed by atoms with Crippen molar-refractivity contribution in [2.45, 2.75) is 30.5 Å². The summed E-state index contributed by atoms with van der Waals surface area (Å²) in [6.07, 6.45) is 2.16. The highest BCUT2D eigenvalue weighted by atomic mass is 35.5. The van der Waals surface area contributed by atoms with E-state index in [9.17, 15) is 8.42 Å². The zero-order chi connectivity index (χ0) is 12.6. The van der Waals surface area contributed by atoms with Gasteiger partial charge in [-0.3, -0.25) is 0 Å². The Kier molecular flexibility index (Phi) is 5.13. The lowest BCUT2D eigenvalue weighted by Gasteiger charge is -2.33. The van der Waals surface area contributed by atoms with E-state index in [1.54, 1.807) is 6.92 Å². The van der Waals surface area contributed by atoms with Crippen LogP contribution in [0.5, 0.6) is 0 Å². The molecule has 1 aliphatic heterocycles. The molecule has 0 amide bonds. The van der Waals surface area contributed by atoms with E-state index in [4.69, 9.17) is 5.73 Å². The Balaban J connectivity index is 0.00000162. The van der Waals surface area contributed by atoms with Crippen LogP contribution >= 0.6 is 23.7 Å². The second kappa shape index (κ2) is 5.83. The first-order valence-corrected chi connectivity index (χ1v) is 7.85. The number of nitrogens with zero attached hydrogens (tertiary/aromatic N) is 2. The van der Waals surface area contributed by atoms with Gasteiger partial charge < -0.3 is 5.73 Å². The minimum Gasteiger partial charge on any atom is -0.327 e. The average molecular weight is 312 g/mol. The molecule has 0 aliphatic carbocycles. The van der Waals surface area contributed by atoms with Gasteiger partial charge in [-0.05, 0) is 19.3 Å². The highest BCUT2D eigenvalue weighted by molar-refractivity contribution is 7.91. The third-order valence-electron chi connectivity index (χ3n) is 3.13. The molecule has 2 N–H and O–H groups in total. The largest absolute Gasteiger partial charge is 0.327 e. The lowest BCUT2D eigenvalue weighted by atomic mass is 9.96. The standard InChI is InChI=1S/C10H17N3O2S2.ClH/c1-7-6-13(4-3-9(7)11)17(14,15)10-5-12-8(2)16-10;/h5,7,9H,3-4,6,11H2,1-2H3;1H. The van der Waals surface area contributed by atoms with E-state index < -0.39 is 10.0 Å². The van der Waals surface area contributed by atoms with Crippen molar-refractivity contribution >= 4 is 33.8 Å². The highest BCUT2D eigenvalue weighted by Crippen LogP contribution is 2.26. The fourth-order valence-corrected chi connectivity index (χ4v) is 4.75. The number of hydrogen-bond acceptors (Lipinski definition) is 5. The molecule has 1 saturated heterocycles. The third kappa shape index (κ3) is 3.03. The maximum atomic E-state index is 12.3. The molecular formula is C10H18ClN3O2S2. The van der Waals surface area contributed by atoms with Crippen LogP contribution in [0, 0.1) is 12.8 Å². The molecule has 104 valence electrons. The second-order valence-electron chi connectivity index (χ2n) is 4.49. The number of sulfonamides is 1. The van der Waals surface area contributed by atoms with Crippen LogP contribution in [0.2, 0.25) is 0 Å². The van der Waals surface area contributed by atoms with E-state index in [-0.39, 0.29) is 24.4 Å². The van der Waals surface area contributed by atoms with Crippen molar-refractivity contribution in [1.82, 2.24) is 9.29 Å². The first-order valence-electron chi connectivity index (χ1n) is 5.59. The van der Waals surface area contributed by atoms with Crippen molar-refractivity contribution in [2.24, 2.45) is 11.7 Å². The molecule has 1 aliphatic rings. The fourth-order valence-electron chi connectivity index (χ4n) is 1.93. The fraction of sp³-hybridized carbons (Fsp3) is 0.700. The lowest BCUT2D eigenvalue weighted by Crippen LogP contribution is -2.47. The number of aromatic nitrogens is 1. The van der Waals surface area contributed by atoms with Crippen molar-refractivity contribution < 1.29 is 8.42 Å². The van der Waals surface area contributed by atoms with Crippen LogP contribution < -0.4 is 5.73 Å². The van der Waals surface area contributed by atoms with Crippen molar-refractivity contribution in [3.8, 4) is 0 Å². The predicted octanol–water partition coefficient (Wildman–Crippen LogP) is 1.23. The van der Waals surface area contributed by atoms with Crippen LogP contribution in [0.3, 0.4) is 0 Å². The van der Waals surface area contributed by atoms with Gasteiger partial charge >= 0.3 is 0 Å². The predicted molar refractivity (Wildman–Crippen MR) is 74.6 cm³/mol. The van der Waals surface area contributed by atoms with Gasteiger partial charge in [-0.1, -0.05) is 6.92 Å². The zero-order valence-electron chi connectivity index (χ0n) is 10.4. The monoisotopic (exact) mass is 311 g/mol. The Morgan fingerprint density at radius 3 is 2.72 bits per heavy atom. The van der Waals surface area contributed by atoms with Crippen LogP contribution in [0.25, 0.3) is 0 Å². The molecule has 0 spiro atoms. The molecular weight excluding hydrogens is 294 g/mol. The number of piperidine rings is 1. The van der Waals surface area contributed by atoms with Gasteiger partial charge in [0.2, 0.25) is 0 Å². The summed E-state index contributed by atoms with van der Waals surface area (Å²) >= 11 is 1.22. The van der Waals surface area contributed by atoms with Crippen LogP contribution in [-0.2, 0) is 10.0 Å². The molecule has 2 heterocycles. The van der Waals surface area contributed by atoms with Crippen LogP contribution in [0.4, 0.5) is 0 Å². The summed E-state index contributed by atoms with van der Waals surface area (Å²) in [5.41, 5.74) is 5.90. The summed E-state index contributed by atoms with van der Waals surface area (Å²) in [5, 5.41) is 0.769. The summed E-state index contributed by atoms with van der Waals surface area (Å²) in [5.74, 6) is 0.201. The van der Waals surface area contributed by atoms with Gasteiger partial charge in [0.25, 0.3) is 10.0 Å². The Morgan fingerprint density at radius 1 is 1.56 bits per heavy atom. The zero-order valence-corrected chi connectivity index (χ0v) is 12.8. The quantitative estimate of drug-likeness (QED) is 0.891. The van der Waals surface area contributed by atoms with Gasteiger partial charge in [0.1, 0.15) is 0 Å². The molecule has 1 fully saturated rings. The average Bonchev–Trinajstić information content (AvgIpc) is 2.69. The van der Waals surface area contributed by atoms with Crippen molar-refractivity contribution in [3.63, 3.8) is 0 Å². The van der Waals surface area contributed by atoms with Gasteiger partial charge in [-0.2, -0.15) is 4.31 Å². The van der Waals surface area contributed by atoms with Gasteiger partial charge in [0, 0.05) is 19.1 Å². The SMILES string of the molecule is Cc1ncc(S(=O)(=O)N2CCC(N)C(C)C2)s1.Cl. The molecule has 0 bridgehead atoms. The summed E-state index contributed by atoms with van der Waals surface area (Å²) in [7, 11) is -3.36. The number of aryl methyl sites for hydroxylation is 1. The van der Waals surface area contributed by atoms with Crippen molar-refractivity contribution in [1.29, 1.82) is 0 Å². The van der Waals surface area contributed by atoms with E-state index in [1.165, 1.54) is 21.8 Å². The molecule has 2 unspecified atom stereocenters. The number of halogens is 1. The Bertz CT molecular complexity index is 503. The maximum Gasteiger partial charge on any atom is 0.254 e. The molecule has 0 saturated carbocycles. The summed E-state index contributed by atoms with van der Waals surface area (Å²) < 4.78 is 26.5. The van der Waals surface area contributed by atoms with Gasteiger partial charge in [-0.25, -0.2) is 13.4 Å². The van der Waals surface area contributed by atoms with E-state index in [0.29, 0.717) is 17.3 Å². The summed E-state index contributed by atoms with van der Waals surface area (Å²) in [6.45, 7) is 4.80. The van der Waals surface area contributed by atoms with Crippen LogP contribution in [0.1, 0.15) is 18.4 Å². The molecule has 1 aromatic heterocycles. The lowest BCUT2D eigenvalue weighted by molar-refractivity contribution is 0.250. The second-order valence-corrected chi connectivity index (χ2v) is 7.89. The van der Waals surface area contributed by atoms with E-state index >= 15 is 0 Å². The van der Waals surface area contributed by atoms with Crippen LogP contribution in [-0.4, -0.2) is 36.8 Å². The minimum atomic E-state index is -3.36. The molecule has 0 aromatic carbocycles. The normalized spacial score (nSPS) is 25.7. The molecule has 2 atom stereocenters. The number of rotatable bonds is 2. The van der Waals surface area contributed by atoms with Crippen molar-refractivity contribution in [2.75, 3.05) is 13.1 Å². The van der Waals surface area contributed by atoms with Crippen molar-refractivity contribution in [3.05, 3.63) is 11.2 Å². The molecule has 1 aromatic rings. The topological polar surface area (TPSA) is 76.3 Å². The molecule has 8 heteroatoms. The van der Waals surface area contributed by atoms with Crippen LogP contribution in [0.15, 0.2) is 10.4 Å². The number of thiazole rings is 1. The summed E-state index contributed by atoms with van der Waals surface area (Å²) in [6, 6.07) is 0.102. The molecule has 2 rings (SSSR count). The first kappa shape index (κ1) is 15.8. The highest BCUT2D eigenvalue weighted by Gasteiger charge is 2.32. The van der Waals surface area contributed by atoms with E-state index in [0.717, 1.165) is 11.4 Å². The molecule has 5 nitrogen and oxygen atoms in total. The van der Waals surface area contributed by atoms with Gasteiger partial charge in [0.15, 0.2) is 4.21 Å². The molecule has 18 heavy (non-hydrogen) atoms. The molecule has 0 radical (unpaired) electrons. The van der Waals surface area contributed by atoms with Gasteiger partial charge in [-0.15, -0.1) is 23.7 Å².